The van der Waals surface area contributed by atoms with Gasteiger partial charge in [-0.25, -0.2) is 4.98 Å². The minimum absolute atomic E-state index is 0.160. The summed E-state index contributed by atoms with van der Waals surface area (Å²) < 4.78 is 5.52. The summed E-state index contributed by atoms with van der Waals surface area (Å²) in [5.74, 6) is 1.46. The van der Waals surface area contributed by atoms with Crippen LogP contribution in [0.15, 0.2) is 34.7 Å². The molecule has 16 heavy (non-hydrogen) atoms. The molecule has 1 aromatic heterocycles. The van der Waals surface area contributed by atoms with Crippen LogP contribution < -0.4 is 0 Å². The largest absolute Gasteiger partial charge is 0.442 e. The highest BCUT2D eigenvalue weighted by Crippen LogP contribution is 2.29. The lowest BCUT2D eigenvalue weighted by atomic mass is 10.0. The van der Waals surface area contributed by atoms with Crippen LogP contribution in [0.25, 0.3) is 11.3 Å². The summed E-state index contributed by atoms with van der Waals surface area (Å²) in [6.45, 7) is 3.94. The summed E-state index contributed by atoms with van der Waals surface area (Å²) in [4.78, 5) is 4.30. The maximum Gasteiger partial charge on any atom is 0.220 e. The molecule has 2 rings (SSSR count). The van der Waals surface area contributed by atoms with Gasteiger partial charge in [0, 0.05) is 11.5 Å². The van der Waals surface area contributed by atoms with E-state index in [2.05, 4.69) is 4.98 Å². The van der Waals surface area contributed by atoms with Gasteiger partial charge < -0.3 is 9.52 Å². The third-order valence-electron chi connectivity index (χ3n) is 2.40. The van der Waals surface area contributed by atoms with Gasteiger partial charge in [-0.05, 0) is 0 Å². The van der Waals surface area contributed by atoms with Crippen molar-refractivity contribution in [2.45, 2.75) is 26.4 Å². The van der Waals surface area contributed by atoms with Crippen molar-refractivity contribution in [1.29, 1.82) is 0 Å². The summed E-state index contributed by atoms with van der Waals surface area (Å²) in [5.41, 5.74) is 1.86. The Hall–Kier alpha value is -1.61. The predicted octanol–water partition coefficient (Wildman–Crippen LogP) is 2.96. The minimum Gasteiger partial charge on any atom is -0.442 e. The molecule has 0 radical (unpaired) electrons. The fourth-order valence-electron chi connectivity index (χ4n) is 1.64. The number of nitrogens with zero attached hydrogens (tertiary/aromatic N) is 1. The Balaban J connectivity index is 2.51. The van der Waals surface area contributed by atoms with Crippen LogP contribution in [0, 0.1) is 0 Å². The van der Waals surface area contributed by atoms with Crippen LogP contribution in [0.5, 0.6) is 0 Å². The van der Waals surface area contributed by atoms with Crippen LogP contribution in [0.4, 0.5) is 0 Å². The molecule has 0 aliphatic rings. The van der Waals surface area contributed by atoms with Gasteiger partial charge in [0.2, 0.25) is 5.89 Å². The van der Waals surface area contributed by atoms with Crippen LogP contribution in [-0.2, 0) is 6.61 Å². The van der Waals surface area contributed by atoms with Gasteiger partial charge >= 0.3 is 0 Å². The van der Waals surface area contributed by atoms with Gasteiger partial charge in [-0.2, -0.15) is 0 Å². The van der Waals surface area contributed by atoms with Crippen LogP contribution in [0.1, 0.15) is 31.4 Å². The van der Waals surface area contributed by atoms with Crippen molar-refractivity contribution in [2.75, 3.05) is 0 Å². The Bertz CT molecular complexity index is 460. The Morgan fingerprint density at radius 3 is 2.50 bits per heavy atom. The van der Waals surface area contributed by atoms with E-state index in [0.29, 0.717) is 5.89 Å². The lowest BCUT2D eigenvalue weighted by Crippen LogP contribution is -1.88. The molecule has 84 valence electrons. The standard InChI is InChI=1S/C13H15NO2/c1-9(2)13-12(14-11(8-15)16-13)10-6-4-3-5-7-10/h3-7,9,15H,8H2,1-2H3. The molecule has 0 unspecified atom stereocenters. The third-order valence-corrected chi connectivity index (χ3v) is 2.40. The number of hydrogen-bond donors (Lipinski definition) is 1. The molecule has 3 nitrogen and oxygen atoms in total. The molecule has 0 bridgehead atoms. The number of aromatic nitrogens is 1. The first-order chi connectivity index (χ1) is 7.72. The van der Waals surface area contributed by atoms with Crippen molar-refractivity contribution >= 4 is 0 Å². The molecule has 0 fully saturated rings. The second kappa shape index (κ2) is 4.49. The second-order valence-electron chi connectivity index (χ2n) is 4.00. The Morgan fingerprint density at radius 1 is 1.25 bits per heavy atom. The number of oxazole rings is 1. The Labute approximate surface area is 94.8 Å². The molecule has 2 aromatic rings. The molecule has 0 aliphatic heterocycles. The van der Waals surface area contributed by atoms with Gasteiger partial charge in [0.05, 0.1) is 0 Å². The number of hydrogen-bond acceptors (Lipinski definition) is 3. The van der Waals surface area contributed by atoms with E-state index in [1.807, 2.05) is 44.2 Å². The number of rotatable bonds is 3. The molecule has 0 atom stereocenters. The minimum atomic E-state index is -0.160. The quantitative estimate of drug-likeness (QED) is 0.859. The first-order valence-electron chi connectivity index (χ1n) is 5.38. The van der Waals surface area contributed by atoms with E-state index in [9.17, 15) is 0 Å². The van der Waals surface area contributed by atoms with Gasteiger partial charge in [-0.3, -0.25) is 0 Å². The monoisotopic (exact) mass is 217 g/mol. The summed E-state index contributed by atoms with van der Waals surface area (Å²) >= 11 is 0. The predicted molar refractivity (Wildman–Crippen MR) is 62.0 cm³/mol. The molecule has 1 heterocycles. The second-order valence-corrected chi connectivity index (χ2v) is 4.00. The molecule has 3 heteroatoms. The number of aliphatic hydroxyl groups excluding tert-OH is 1. The number of aliphatic hydroxyl groups is 1. The average molecular weight is 217 g/mol. The normalized spacial score (nSPS) is 11.0. The van der Waals surface area contributed by atoms with E-state index < -0.39 is 0 Å². The molecule has 0 spiro atoms. The van der Waals surface area contributed by atoms with Crippen molar-refractivity contribution < 1.29 is 9.52 Å². The van der Waals surface area contributed by atoms with E-state index in [1.54, 1.807) is 0 Å². The van der Waals surface area contributed by atoms with Crippen LogP contribution in [0.3, 0.4) is 0 Å². The fourth-order valence-corrected chi connectivity index (χ4v) is 1.64. The smallest absolute Gasteiger partial charge is 0.220 e. The third kappa shape index (κ3) is 1.99. The van der Waals surface area contributed by atoms with E-state index in [-0.39, 0.29) is 12.5 Å². The van der Waals surface area contributed by atoms with Crippen molar-refractivity contribution in [3.63, 3.8) is 0 Å². The van der Waals surface area contributed by atoms with Gasteiger partial charge in [-0.1, -0.05) is 44.2 Å². The summed E-state index contributed by atoms with van der Waals surface area (Å²) in [5, 5.41) is 9.05. The molecule has 0 aliphatic carbocycles. The van der Waals surface area contributed by atoms with Crippen molar-refractivity contribution in [3.05, 3.63) is 42.0 Å². The lowest BCUT2D eigenvalue weighted by molar-refractivity contribution is 0.235. The zero-order chi connectivity index (χ0) is 11.5. The molecule has 1 N–H and O–H groups in total. The highest BCUT2D eigenvalue weighted by molar-refractivity contribution is 5.61. The Morgan fingerprint density at radius 2 is 1.94 bits per heavy atom. The summed E-state index contributed by atoms with van der Waals surface area (Å²) in [6.07, 6.45) is 0. The molecule has 0 amide bonds. The lowest BCUT2D eigenvalue weighted by Gasteiger charge is -2.03. The zero-order valence-corrected chi connectivity index (χ0v) is 9.47. The first-order valence-corrected chi connectivity index (χ1v) is 5.38. The fraction of sp³-hybridized carbons (Fsp3) is 0.308. The highest BCUT2D eigenvalue weighted by atomic mass is 16.4. The first kappa shape index (κ1) is 10.9. The van der Waals surface area contributed by atoms with Gasteiger partial charge in [0.1, 0.15) is 18.1 Å². The molecule has 0 saturated carbocycles. The molecule has 0 saturated heterocycles. The maximum atomic E-state index is 9.05. The van der Waals surface area contributed by atoms with Crippen molar-refractivity contribution in [2.24, 2.45) is 0 Å². The van der Waals surface area contributed by atoms with E-state index >= 15 is 0 Å². The van der Waals surface area contributed by atoms with Gasteiger partial charge in [0.15, 0.2) is 0 Å². The zero-order valence-electron chi connectivity index (χ0n) is 9.47. The summed E-state index contributed by atoms with van der Waals surface area (Å²) in [6, 6.07) is 9.88. The Kier molecular flexibility index (Phi) is 3.06. The number of benzene rings is 1. The van der Waals surface area contributed by atoms with Gasteiger partial charge in [-0.15, -0.1) is 0 Å². The van der Waals surface area contributed by atoms with Crippen molar-refractivity contribution in [1.82, 2.24) is 4.98 Å². The maximum absolute atomic E-state index is 9.05. The summed E-state index contributed by atoms with van der Waals surface area (Å²) in [7, 11) is 0. The van der Waals surface area contributed by atoms with Crippen LogP contribution in [-0.4, -0.2) is 10.1 Å². The average Bonchev–Trinajstić information content (AvgIpc) is 2.74. The van der Waals surface area contributed by atoms with Gasteiger partial charge in [0.25, 0.3) is 0 Å². The van der Waals surface area contributed by atoms with Crippen molar-refractivity contribution in [3.8, 4) is 11.3 Å². The van der Waals surface area contributed by atoms with E-state index in [0.717, 1.165) is 17.0 Å². The molecular formula is C13H15NO2. The van der Waals surface area contributed by atoms with E-state index in [4.69, 9.17) is 9.52 Å². The molecule has 1 aromatic carbocycles. The van der Waals surface area contributed by atoms with E-state index in [1.165, 1.54) is 0 Å². The highest BCUT2D eigenvalue weighted by Gasteiger charge is 2.16. The molecular weight excluding hydrogens is 202 g/mol. The SMILES string of the molecule is CC(C)c1oc(CO)nc1-c1ccccc1. The topological polar surface area (TPSA) is 46.3 Å². The van der Waals surface area contributed by atoms with Crippen LogP contribution >= 0.6 is 0 Å². The van der Waals surface area contributed by atoms with Crippen LogP contribution in [0.2, 0.25) is 0 Å².